The minimum Gasteiger partial charge on any atom is -0.480 e. The third-order valence-electron chi connectivity index (χ3n) is 5.55. The summed E-state index contributed by atoms with van der Waals surface area (Å²) in [6.45, 7) is 1.85. The Morgan fingerprint density at radius 3 is 2.26 bits per heavy atom. The monoisotopic (exact) mass is 475 g/mol. The Hall–Kier alpha value is -2.06. The van der Waals surface area contributed by atoms with Crippen molar-refractivity contribution in [3.8, 4) is 0 Å². The van der Waals surface area contributed by atoms with Gasteiger partial charge in [0.2, 0.25) is 10.0 Å². The maximum atomic E-state index is 12.9. The highest BCUT2D eigenvalue weighted by atomic mass is 35.5. The lowest BCUT2D eigenvalue weighted by molar-refractivity contribution is -0.141. The molecule has 0 saturated heterocycles. The van der Waals surface area contributed by atoms with Crippen LogP contribution in [0, 0.1) is 0 Å². The van der Waals surface area contributed by atoms with E-state index < -0.39 is 22.0 Å². The van der Waals surface area contributed by atoms with E-state index in [4.69, 9.17) is 11.6 Å². The summed E-state index contributed by atoms with van der Waals surface area (Å²) >= 11 is 7.44. The van der Waals surface area contributed by atoms with Gasteiger partial charge in [0.25, 0.3) is 0 Å². The predicted molar refractivity (Wildman–Crippen MR) is 126 cm³/mol. The Morgan fingerprint density at radius 2 is 1.74 bits per heavy atom. The average Bonchev–Trinajstić information content (AvgIpc) is 3.27. The number of thioether (sulfide) groups is 1. The summed E-state index contributed by atoms with van der Waals surface area (Å²) in [5.74, 6) is -1.10. The molecule has 2 unspecified atom stereocenters. The van der Waals surface area contributed by atoms with Gasteiger partial charge in [-0.2, -0.15) is 4.31 Å². The number of nitrogens with zero attached hydrogens (tertiary/aromatic N) is 1. The molecule has 0 bridgehead atoms. The van der Waals surface area contributed by atoms with Crippen LogP contribution in [0.4, 0.5) is 0 Å². The van der Waals surface area contributed by atoms with Gasteiger partial charge in [-0.3, -0.25) is 4.79 Å². The van der Waals surface area contributed by atoms with Gasteiger partial charge in [0.15, 0.2) is 0 Å². The van der Waals surface area contributed by atoms with Crippen LogP contribution in [0.15, 0.2) is 58.3 Å². The molecule has 0 radical (unpaired) electrons. The van der Waals surface area contributed by atoms with Crippen LogP contribution in [0.3, 0.4) is 0 Å². The highest BCUT2D eigenvalue weighted by molar-refractivity contribution is 8.05. The maximum Gasteiger partial charge on any atom is 0.322 e. The molecule has 0 saturated carbocycles. The number of aliphatic carboxylic acids is 1. The van der Waals surface area contributed by atoms with Crippen LogP contribution in [0.1, 0.15) is 41.7 Å². The number of rotatable bonds is 6. The van der Waals surface area contributed by atoms with E-state index >= 15 is 0 Å². The lowest BCUT2D eigenvalue weighted by atomic mass is 10.1. The van der Waals surface area contributed by atoms with Crippen LogP contribution in [0.25, 0.3) is 12.2 Å². The summed E-state index contributed by atoms with van der Waals surface area (Å²) < 4.78 is 27.0. The average molecular weight is 476 g/mol. The fourth-order valence-corrected chi connectivity index (χ4v) is 7.83. The van der Waals surface area contributed by atoms with Crippen LogP contribution in [-0.4, -0.2) is 36.4 Å². The first-order chi connectivity index (χ1) is 14.8. The van der Waals surface area contributed by atoms with Crippen LogP contribution in [0.5, 0.6) is 0 Å². The van der Waals surface area contributed by atoms with E-state index in [1.165, 1.54) is 11.8 Å². The first kappa shape index (κ1) is 22.1. The van der Waals surface area contributed by atoms with Gasteiger partial charge in [0, 0.05) is 28.1 Å². The number of allylic oxidation sites excluding steroid dienone is 1. The highest BCUT2D eigenvalue weighted by Crippen LogP contribution is 2.53. The van der Waals surface area contributed by atoms with Gasteiger partial charge < -0.3 is 5.11 Å². The zero-order valence-electron chi connectivity index (χ0n) is 16.9. The molecule has 2 heterocycles. The Bertz CT molecular complexity index is 1160. The minimum absolute atomic E-state index is 0.0288. The smallest absolute Gasteiger partial charge is 0.322 e. The van der Waals surface area contributed by atoms with Gasteiger partial charge in [0.1, 0.15) is 6.04 Å². The largest absolute Gasteiger partial charge is 0.480 e. The lowest BCUT2D eigenvalue weighted by Gasteiger charge is -2.24. The Morgan fingerprint density at radius 1 is 1.16 bits per heavy atom. The third kappa shape index (κ3) is 4.46. The molecule has 0 amide bonds. The van der Waals surface area contributed by atoms with E-state index in [2.05, 4.69) is 0 Å². The third-order valence-corrected chi connectivity index (χ3v) is 9.35. The van der Waals surface area contributed by atoms with Crippen LogP contribution < -0.4 is 0 Å². The molecule has 2 atom stereocenters. The van der Waals surface area contributed by atoms with Crippen molar-refractivity contribution >= 4 is 51.5 Å². The molecule has 0 spiro atoms. The molecule has 0 fully saturated rings. The first-order valence-corrected chi connectivity index (χ1v) is 12.7. The van der Waals surface area contributed by atoms with Crippen LogP contribution in [0.2, 0.25) is 5.02 Å². The fraction of sp³-hybridized carbons (Fsp3) is 0.261. The zero-order chi connectivity index (χ0) is 22.2. The molecule has 0 aromatic heterocycles. The molecule has 2 aromatic carbocycles. The molecule has 31 heavy (non-hydrogen) atoms. The second-order valence-corrected chi connectivity index (χ2v) is 11.2. The van der Waals surface area contributed by atoms with Crippen molar-refractivity contribution in [3.63, 3.8) is 0 Å². The molecule has 1 N–H and O–H groups in total. The second-order valence-electron chi connectivity index (χ2n) is 7.52. The summed E-state index contributed by atoms with van der Waals surface area (Å²) in [7, 11) is -3.72. The van der Waals surface area contributed by atoms with Crippen molar-refractivity contribution in [1.29, 1.82) is 0 Å². The number of carboxylic acids is 1. The summed E-state index contributed by atoms with van der Waals surface area (Å²) in [5.41, 5.74) is 3.17. The van der Waals surface area contributed by atoms with Gasteiger partial charge in [-0.15, -0.1) is 11.8 Å². The van der Waals surface area contributed by atoms with Crippen molar-refractivity contribution in [2.45, 2.75) is 31.1 Å². The van der Waals surface area contributed by atoms with E-state index in [0.29, 0.717) is 16.3 Å². The quantitative estimate of drug-likeness (QED) is 0.565. The lowest BCUT2D eigenvalue weighted by Crippen LogP contribution is -2.42. The fourth-order valence-electron chi connectivity index (χ4n) is 3.86. The molecular formula is C23H22ClNO4S2. The van der Waals surface area contributed by atoms with Crippen LogP contribution >= 0.6 is 23.4 Å². The number of hydrogen-bond acceptors (Lipinski definition) is 4. The minimum atomic E-state index is -3.72. The molecule has 2 aliphatic rings. The molecule has 2 aromatic rings. The van der Waals surface area contributed by atoms with E-state index in [0.717, 1.165) is 25.9 Å². The standard InChI is InChI=1S/C23H22ClNO4S2/c1-2-19(23(26)27)25-14-21-22(31(25,28)29)13-20(30-21)17-9-5-15(6-10-17)3-4-16-7-11-18(24)12-8-16/h3-12,19-20H,2,13-14H2,1H3,(H,26,27)/b4-3+. The van der Waals surface area contributed by atoms with Gasteiger partial charge in [-0.05, 0) is 35.2 Å². The predicted octanol–water partition coefficient (Wildman–Crippen LogP) is 5.41. The molecule has 0 aliphatic carbocycles. The zero-order valence-corrected chi connectivity index (χ0v) is 19.3. The van der Waals surface area contributed by atoms with Crippen LogP contribution in [-0.2, 0) is 14.8 Å². The molecule has 4 rings (SSSR count). The number of carboxylic acid groups (broad SMARTS) is 1. The number of hydrogen-bond donors (Lipinski definition) is 1. The summed E-state index contributed by atoms with van der Waals surface area (Å²) in [6, 6.07) is 14.7. The Labute approximate surface area is 191 Å². The van der Waals surface area contributed by atoms with E-state index in [1.54, 1.807) is 6.92 Å². The van der Waals surface area contributed by atoms with E-state index in [9.17, 15) is 18.3 Å². The Balaban J connectivity index is 1.44. The maximum absolute atomic E-state index is 12.9. The molecular weight excluding hydrogens is 454 g/mol. The summed E-state index contributed by atoms with van der Waals surface area (Å²) in [4.78, 5) is 12.6. The Kier molecular flexibility index (Phi) is 6.30. The van der Waals surface area contributed by atoms with E-state index in [1.807, 2.05) is 60.7 Å². The first-order valence-electron chi connectivity index (χ1n) is 9.96. The molecule has 8 heteroatoms. The van der Waals surface area contributed by atoms with Gasteiger partial charge in [-0.25, -0.2) is 8.42 Å². The molecule has 2 aliphatic heterocycles. The number of sulfonamides is 1. The molecule has 162 valence electrons. The van der Waals surface area contributed by atoms with Crippen molar-refractivity contribution in [2.24, 2.45) is 0 Å². The normalized spacial score (nSPS) is 21.5. The van der Waals surface area contributed by atoms with E-state index in [-0.39, 0.29) is 18.2 Å². The summed E-state index contributed by atoms with van der Waals surface area (Å²) in [6.07, 6.45) is 4.68. The molecule has 5 nitrogen and oxygen atoms in total. The SMILES string of the molecule is CCC(C(=O)O)N1CC2=C(CC(c3ccc(/C=C/c4ccc(Cl)cc4)cc3)S2)S1(=O)=O. The van der Waals surface area contributed by atoms with Crippen molar-refractivity contribution in [3.05, 3.63) is 80.1 Å². The summed E-state index contributed by atoms with van der Waals surface area (Å²) in [5, 5.41) is 10.1. The highest BCUT2D eigenvalue weighted by Gasteiger charge is 2.47. The van der Waals surface area contributed by atoms with Crippen molar-refractivity contribution in [1.82, 2.24) is 4.31 Å². The second kappa shape index (κ2) is 8.82. The number of carbonyl (C=O) groups is 1. The number of halogens is 1. The van der Waals surface area contributed by atoms with Gasteiger partial charge in [-0.1, -0.05) is 67.1 Å². The topological polar surface area (TPSA) is 74.7 Å². The van der Waals surface area contributed by atoms with Crippen molar-refractivity contribution < 1.29 is 18.3 Å². The van der Waals surface area contributed by atoms with Gasteiger partial charge in [0.05, 0.1) is 4.91 Å². The number of benzene rings is 2. The van der Waals surface area contributed by atoms with Crippen molar-refractivity contribution in [2.75, 3.05) is 6.54 Å². The van der Waals surface area contributed by atoms with Gasteiger partial charge >= 0.3 is 5.97 Å².